The molecular formula is C30H37Cl2N3O3. The Kier molecular flexibility index (Phi) is 8.27. The van der Waals surface area contributed by atoms with Crippen LogP contribution in [0.25, 0.3) is 0 Å². The molecule has 1 aliphatic heterocycles. The number of hydrogen-bond acceptors (Lipinski definition) is 4. The van der Waals surface area contributed by atoms with Crippen LogP contribution in [0.15, 0.2) is 47.5 Å². The fourth-order valence-corrected chi connectivity index (χ4v) is 6.26. The lowest BCUT2D eigenvalue weighted by Gasteiger charge is -2.46. The molecule has 2 aromatic carbocycles. The highest BCUT2D eigenvalue weighted by Gasteiger charge is 2.52. The Morgan fingerprint density at radius 3 is 2.21 bits per heavy atom. The van der Waals surface area contributed by atoms with Gasteiger partial charge in [-0.2, -0.15) is 0 Å². The van der Waals surface area contributed by atoms with Crippen molar-refractivity contribution in [3.63, 3.8) is 0 Å². The van der Waals surface area contributed by atoms with Gasteiger partial charge in [0.1, 0.15) is 11.4 Å². The second-order valence-corrected chi connectivity index (χ2v) is 12.6. The summed E-state index contributed by atoms with van der Waals surface area (Å²) in [6, 6.07) is 12.2. The first kappa shape index (κ1) is 28.6. The first-order chi connectivity index (χ1) is 17.8. The van der Waals surface area contributed by atoms with Gasteiger partial charge in [0.2, 0.25) is 0 Å². The van der Waals surface area contributed by atoms with Gasteiger partial charge in [0.25, 0.3) is 11.8 Å². The van der Waals surface area contributed by atoms with Gasteiger partial charge in [0.05, 0.1) is 12.1 Å². The van der Waals surface area contributed by atoms with E-state index in [1.807, 2.05) is 24.0 Å². The van der Waals surface area contributed by atoms with Crippen LogP contribution in [0.4, 0.5) is 0 Å². The number of hydrogen-bond donors (Lipinski definition) is 2. The van der Waals surface area contributed by atoms with Gasteiger partial charge in [-0.05, 0) is 86.8 Å². The normalized spacial score (nSPS) is 23.4. The summed E-state index contributed by atoms with van der Waals surface area (Å²) in [6.07, 6.45) is 2.91. The molecule has 1 heterocycles. The number of carbonyl (C=O) groups excluding carboxylic acids is 2. The molecule has 2 atom stereocenters. The minimum absolute atomic E-state index is 0.135. The molecule has 1 fully saturated rings. The number of aliphatic hydroxyl groups excluding tert-OH is 1. The van der Waals surface area contributed by atoms with E-state index in [1.165, 1.54) is 0 Å². The van der Waals surface area contributed by atoms with Gasteiger partial charge in [-0.15, -0.1) is 0 Å². The fraction of sp³-hybridized carbons (Fsp3) is 0.500. The van der Waals surface area contributed by atoms with Crippen molar-refractivity contribution in [3.8, 4) is 0 Å². The largest absolute Gasteiger partial charge is 0.392 e. The fourth-order valence-electron chi connectivity index (χ4n) is 5.73. The van der Waals surface area contributed by atoms with E-state index >= 15 is 0 Å². The van der Waals surface area contributed by atoms with E-state index in [9.17, 15) is 14.7 Å². The predicted octanol–water partition coefficient (Wildman–Crippen LogP) is 6.43. The lowest BCUT2D eigenvalue weighted by molar-refractivity contribution is -0.132. The number of benzene rings is 2. The van der Waals surface area contributed by atoms with Gasteiger partial charge in [-0.1, -0.05) is 56.1 Å². The van der Waals surface area contributed by atoms with Gasteiger partial charge in [0.15, 0.2) is 0 Å². The minimum Gasteiger partial charge on any atom is -0.392 e. The van der Waals surface area contributed by atoms with E-state index in [-0.39, 0.29) is 29.8 Å². The number of aliphatic hydroxyl groups is 1. The zero-order valence-electron chi connectivity index (χ0n) is 22.7. The van der Waals surface area contributed by atoms with Crippen LogP contribution >= 0.6 is 23.2 Å². The first-order valence-corrected chi connectivity index (χ1v) is 14.0. The molecule has 0 saturated heterocycles. The van der Waals surface area contributed by atoms with Crippen molar-refractivity contribution >= 4 is 40.7 Å². The number of nitrogens with one attached hydrogen (secondary N) is 1. The maximum absolute atomic E-state index is 14.0. The van der Waals surface area contributed by atoms with Crippen molar-refractivity contribution in [2.75, 3.05) is 6.54 Å². The van der Waals surface area contributed by atoms with Crippen molar-refractivity contribution < 1.29 is 14.7 Å². The molecule has 204 valence electrons. The van der Waals surface area contributed by atoms with E-state index in [0.29, 0.717) is 32.8 Å². The van der Waals surface area contributed by atoms with Gasteiger partial charge >= 0.3 is 0 Å². The molecule has 6 nitrogen and oxygen atoms in total. The third-order valence-corrected chi connectivity index (χ3v) is 8.37. The lowest BCUT2D eigenvalue weighted by Crippen LogP contribution is -2.50. The van der Waals surface area contributed by atoms with Crippen LogP contribution in [0.1, 0.15) is 87.8 Å². The van der Waals surface area contributed by atoms with Crippen molar-refractivity contribution in [1.82, 2.24) is 10.2 Å². The van der Waals surface area contributed by atoms with E-state index < -0.39 is 11.8 Å². The SMILES string of the molecule is C[C@H](c1ccc(C(=O)NC[C@@H](C)O)cc1)N1C(=O)C(c2cc(Cl)cc(Cl)c2)=NC12CCC(C(C)(C)C)CC2. The van der Waals surface area contributed by atoms with Crippen molar-refractivity contribution in [2.24, 2.45) is 16.3 Å². The molecule has 2 aliphatic rings. The molecule has 0 radical (unpaired) electrons. The van der Waals surface area contributed by atoms with Crippen LogP contribution in [0.5, 0.6) is 0 Å². The maximum Gasteiger partial charge on any atom is 0.275 e. The molecule has 4 rings (SSSR count). The molecular weight excluding hydrogens is 521 g/mol. The van der Waals surface area contributed by atoms with Crippen LogP contribution in [0, 0.1) is 11.3 Å². The number of amides is 2. The Hall–Kier alpha value is -2.41. The summed E-state index contributed by atoms with van der Waals surface area (Å²) in [5, 5.41) is 13.1. The van der Waals surface area contributed by atoms with Crippen LogP contribution in [-0.2, 0) is 4.79 Å². The van der Waals surface area contributed by atoms with Gasteiger partial charge in [0, 0.05) is 27.7 Å². The maximum atomic E-state index is 14.0. The minimum atomic E-state index is -0.643. The molecule has 2 amide bonds. The second-order valence-electron chi connectivity index (χ2n) is 11.8. The summed E-state index contributed by atoms with van der Waals surface area (Å²) in [6.45, 7) is 10.6. The molecule has 2 N–H and O–H groups in total. The number of rotatable bonds is 6. The quantitative estimate of drug-likeness (QED) is 0.429. The third kappa shape index (κ3) is 5.93. The summed E-state index contributed by atoms with van der Waals surface area (Å²) in [4.78, 5) is 33.5. The average molecular weight is 559 g/mol. The van der Waals surface area contributed by atoms with Gasteiger partial charge < -0.3 is 15.3 Å². The molecule has 1 spiro atoms. The van der Waals surface area contributed by atoms with Crippen molar-refractivity contribution in [1.29, 1.82) is 0 Å². The van der Waals surface area contributed by atoms with Gasteiger partial charge in [-0.3, -0.25) is 14.6 Å². The van der Waals surface area contributed by atoms with E-state index in [0.717, 1.165) is 31.2 Å². The van der Waals surface area contributed by atoms with Crippen molar-refractivity contribution in [2.45, 2.75) is 78.1 Å². The monoisotopic (exact) mass is 557 g/mol. The molecule has 0 bridgehead atoms. The van der Waals surface area contributed by atoms with E-state index in [2.05, 4.69) is 26.1 Å². The Bertz CT molecular complexity index is 1210. The number of halogens is 2. The Morgan fingerprint density at radius 1 is 1.11 bits per heavy atom. The predicted molar refractivity (Wildman–Crippen MR) is 153 cm³/mol. The molecule has 2 aromatic rings. The molecule has 0 aromatic heterocycles. The zero-order valence-corrected chi connectivity index (χ0v) is 24.2. The highest BCUT2D eigenvalue weighted by molar-refractivity contribution is 6.47. The smallest absolute Gasteiger partial charge is 0.275 e. The van der Waals surface area contributed by atoms with E-state index in [4.69, 9.17) is 28.2 Å². The zero-order chi connectivity index (χ0) is 27.8. The average Bonchev–Trinajstić information content (AvgIpc) is 3.12. The highest BCUT2D eigenvalue weighted by Crippen LogP contribution is 2.49. The Balaban J connectivity index is 1.66. The summed E-state index contributed by atoms with van der Waals surface area (Å²) in [5.41, 5.74) is 1.99. The summed E-state index contributed by atoms with van der Waals surface area (Å²) in [5.74, 6) is 0.172. The second kappa shape index (κ2) is 11.0. The number of nitrogens with zero attached hydrogens (tertiary/aromatic N) is 2. The standard InChI is InChI=1S/C30H37Cl2N3O3/c1-18(36)17-33-27(37)21-8-6-20(7-9-21)19(2)35-28(38)26(22-14-24(31)16-25(32)15-22)34-30(35)12-10-23(11-13-30)29(3,4)5/h6-9,14-16,18-19,23,36H,10-13,17H2,1-5H3,(H,33,37)/t18-,19-,23?,30?/m1/s1. The topological polar surface area (TPSA) is 82.0 Å². The Labute approximate surface area is 235 Å². The lowest BCUT2D eigenvalue weighted by atomic mass is 9.69. The first-order valence-electron chi connectivity index (χ1n) is 13.3. The van der Waals surface area contributed by atoms with Crippen LogP contribution in [-0.4, -0.2) is 45.8 Å². The van der Waals surface area contributed by atoms with Crippen LogP contribution in [0.3, 0.4) is 0 Å². The highest BCUT2D eigenvalue weighted by atomic mass is 35.5. The van der Waals surface area contributed by atoms with Crippen LogP contribution in [0.2, 0.25) is 10.0 Å². The Morgan fingerprint density at radius 2 is 1.68 bits per heavy atom. The summed E-state index contributed by atoms with van der Waals surface area (Å²) in [7, 11) is 0. The molecule has 1 saturated carbocycles. The molecule has 0 unspecified atom stereocenters. The number of aliphatic imine (C=N–C) groups is 1. The van der Waals surface area contributed by atoms with Gasteiger partial charge in [-0.25, -0.2) is 0 Å². The third-order valence-electron chi connectivity index (χ3n) is 7.94. The van der Waals surface area contributed by atoms with Crippen LogP contribution < -0.4 is 5.32 Å². The number of carbonyl (C=O) groups is 2. The summed E-state index contributed by atoms with van der Waals surface area (Å²) < 4.78 is 0. The molecule has 1 aliphatic carbocycles. The van der Waals surface area contributed by atoms with E-state index in [1.54, 1.807) is 37.3 Å². The molecule has 38 heavy (non-hydrogen) atoms. The summed E-state index contributed by atoms with van der Waals surface area (Å²) >= 11 is 12.6. The van der Waals surface area contributed by atoms with Crippen molar-refractivity contribution in [3.05, 3.63) is 69.2 Å². The molecule has 8 heteroatoms.